The maximum absolute atomic E-state index is 12.2. The number of hydrogen-bond acceptors (Lipinski definition) is 4. The molecule has 0 spiro atoms. The molecule has 0 unspecified atom stereocenters. The first-order valence-corrected chi connectivity index (χ1v) is 6.63. The van der Waals surface area contributed by atoms with Crippen LogP contribution in [0.5, 0.6) is 0 Å². The summed E-state index contributed by atoms with van der Waals surface area (Å²) in [6, 6.07) is 3.85. The molecule has 1 aromatic rings. The van der Waals surface area contributed by atoms with E-state index in [9.17, 15) is 20.0 Å². The zero-order chi connectivity index (χ0) is 14.9. The van der Waals surface area contributed by atoms with Gasteiger partial charge in [-0.05, 0) is 24.8 Å². The largest absolute Gasteiger partial charge is 0.393 e. The molecule has 0 bridgehead atoms. The lowest BCUT2D eigenvalue weighted by Crippen LogP contribution is -2.39. The first-order valence-electron chi connectivity index (χ1n) is 6.25. The number of rotatable bonds is 4. The lowest BCUT2D eigenvalue weighted by molar-refractivity contribution is -0.384. The van der Waals surface area contributed by atoms with Crippen LogP contribution >= 0.6 is 11.6 Å². The molecule has 7 heteroatoms. The fourth-order valence-corrected chi connectivity index (χ4v) is 2.57. The second-order valence-electron chi connectivity index (χ2n) is 5.13. The first-order chi connectivity index (χ1) is 9.36. The predicted octanol–water partition coefficient (Wildman–Crippen LogP) is 2.09. The van der Waals surface area contributed by atoms with Crippen molar-refractivity contribution in [1.29, 1.82) is 0 Å². The van der Waals surface area contributed by atoms with E-state index in [0.29, 0.717) is 19.4 Å². The number of aliphatic hydroxyl groups is 1. The molecule has 0 radical (unpaired) electrons. The Morgan fingerprint density at radius 2 is 2.15 bits per heavy atom. The number of nitrogens with zero attached hydrogens (tertiary/aromatic N) is 2. The van der Waals surface area contributed by atoms with Crippen LogP contribution in [0.1, 0.15) is 23.2 Å². The first kappa shape index (κ1) is 14.7. The van der Waals surface area contributed by atoms with E-state index in [0.717, 1.165) is 0 Å². The maximum atomic E-state index is 12.2. The molecule has 1 N–H and O–H groups in total. The fourth-order valence-electron chi connectivity index (χ4n) is 2.34. The summed E-state index contributed by atoms with van der Waals surface area (Å²) in [6.45, 7) is 0.524. The Bertz CT molecular complexity index is 543. The molecule has 6 nitrogen and oxygen atoms in total. The molecule has 1 aliphatic rings. The molecule has 20 heavy (non-hydrogen) atoms. The zero-order valence-electron chi connectivity index (χ0n) is 11.0. The van der Waals surface area contributed by atoms with Crippen molar-refractivity contribution in [1.82, 2.24) is 4.90 Å². The Balaban J connectivity index is 2.09. The summed E-state index contributed by atoms with van der Waals surface area (Å²) in [4.78, 5) is 23.9. The van der Waals surface area contributed by atoms with E-state index in [1.807, 2.05) is 0 Å². The van der Waals surface area contributed by atoms with Crippen molar-refractivity contribution >= 4 is 23.2 Å². The SMILES string of the molecule is CN(CC1CC(O)C1)C(=O)c1cc(Cl)cc([N+](=O)[O-])c1. The van der Waals surface area contributed by atoms with Crippen LogP contribution in [0.4, 0.5) is 5.69 Å². The van der Waals surface area contributed by atoms with E-state index in [4.69, 9.17) is 11.6 Å². The number of nitro groups is 1. The highest BCUT2D eigenvalue weighted by molar-refractivity contribution is 6.31. The number of aliphatic hydroxyl groups excluding tert-OH is 1. The minimum atomic E-state index is -0.578. The Kier molecular flexibility index (Phi) is 4.25. The van der Waals surface area contributed by atoms with Crippen LogP contribution in [0.3, 0.4) is 0 Å². The predicted molar refractivity (Wildman–Crippen MR) is 73.8 cm³/mol. The summed E-state index contributed by atoms with van der Waals surface area (Å²) in [5.74, 6) is -0.0230. The molecule has 0 atom stereocenters. The van der Waals surface area contributed by atoms with E-state index >= 15 is 0 Å². The van der Waals surface area contributed by atoms with Crippen molar-refractivity contribution in [3.8, 4) is 0 Å². The van der Waals surface area contributed by atoms with Crippen LogP contribution in [0.15, 0.2) is 18.2 Å². The summed E-state index contributed by atoms with van der Waals surface area (Å²) in [5, 5.41) is 20.1. The van der Waals surface area contributed by atoms with Crippen LogP contribution in [0.25, 0.3) is 0 Å². The highest BCUT2D eigenvalue weighted by Crippen LogP contribution is 2.28. The molecular weight excluding hydrogens is 284 g/mol. The fraction of sp³-hybridized carbons (Fsp3) is 0.462. The van der Waals surface area contributed by atoms with Crippen molar-refractivity contribution < 1.29 is 14.8 Å². The van der Waals surface area contributed by atoms with Crippen molar-refractivity contribution in [2.75, 3.05) is 13.6 Å². The van der Waals surface area contributed by atoms with Crippen molar-refractivity contribution in [3.05, 3.63) is 38.9 Å². The number of amides is 1. The van der Waals surface area contributed by atoms with Gasteiger partial charge in [0.2, 0.25) is 0 Å². The van der Waals surface area contributed by atoms with Crippen LogP contribution < -0.4 is 0 Å². The second kappa shape index (κ2) is 5.76. The van der Waals surface area contributed by atoms with Crippen molar-refractivity contribution in [3.63, 3.8) is 0 Å². The molecule has 108 valence electrons. The van der Waals surface area contributed by atoms with Gasteiger partial charge in [-0.25, -0.2) is 0 Å². The number of carbonyl (C=O) groups is 1. The third-order valence-corrected chi connectivity index (χ3v) is 3.65. The summed E-state index contributed by atoms with van der Waals surface area (Å²) >= 11 is 5.80. The Labute approximate surface area is 121 Å². The number of non-ortho nitro benzene ring substituents is 1. The number of halogens is 1. The van der Waals surface area contributed by atoms with Crippen LogP contribution in [-0.4, -0.2) is 40.5 Å². The number of nitro benzene ring substituents is 1. The van der Waals surface area contributed by atoms with Crippen LogP contribution in [0, 0.1) is 16.0 Å². The van der Waals surface area contributed by atoms with E-state index < -0.39 is 4.92 Å². The highest BCUT2D eigenvalue weighted by atomic mass is 35.5. The summed E-state index contributed by atoms with van der Waals surface area (Å²) < 4.78 is 0. The zero-order valence-corrected chi connectivity index (χ0v) is 11.7. The van der Waals surface area contributed by atoms with E-state index in [1.165, 1.54) is 23.1 Å². The van der Waals surface area contributed by atoms with Gasteiger partial charge in [0.1, 0.15) is 0 Å². The Morgan fingerprint density at radius 3 is 2.70 bits per heavy atom. The minimum absolute atomic E-state index is 0.162. The lowest BCUT2D eigenvalue weighted by Gasteiger charge is -2.34. The van der Waals surface area contributed by atoms with Gasteiger partial charge in [-0.3, -0.25) is 14.9 Å². The van der Waals surface area contributed by atoms with Gasteiger partial charge < -0.3 is 10.0 Å². The number of carbonyl (C=O) groups excluding carboxylic acids is 1. The third-order valence-electron chi connectivity index (χ3n) is 3.43. The van der Waals surface area contributed by atoms with E-state index in [2.05, 4.69) is 0 Å². The molecule has 2 rings (SSSR count). The van der Waals surface area contributed by atoms with Gasteiger partial charge in [-0.15, -0.1) is 0 Å². The molecule has 1 saturated carbocycles. The quantitative estimate of drug-likeness (QED) is 0.681. The Morgan fingerprint density at radius 1 is 1.50 bits per heavy atom. The third kappa shape index (κ3) is 3.26. The summed E-state index contributed by atoms with van der Waals surface area (Å²) in [6.07, 6.45) is 1.11. The highest BCUT2D eigenvalue weighted by Gasteiger charge is 2.29. The maximum Gasteiger partial charge on any atom is 0.271 e. The van der Waals surface area contributed by atoms with Gasteiger partial charge in [0.05, 0.1) is 11.0 Å². The van der Waals surface area contributed by atoms with Crippen LogP contribution in [0.2, 0.25) is 5.02 Å². The summed E-state index contributed by atoms with van der Waals surface area (Å²) in [5.41, 5.74) is -0.000103. The van der Waals surface area contributed by atoms with E-state index in [1.54, 1.807) is 7.05 Å². The van der Waals surface area contributed by atoms with Gasteiger partial charge >= 0.3 is 0 Å². The van der Waals surface area contributed by atoms with Gasteiger partial charge in [0.25, 0.3) is 11.6 Å². The Hall–Kier alpha value is -1.66. The number of benzene rings is 1. The average molecular weight is 299 g/mol. The normalized spacial score (nSPS) is 21.1. The number of hydrogen-bond donors (Lipinski definition) is 1. The van der Waals surface area contributed by atoms with Gasteiger partial charge in [0, 0.05) is 36.3 Å². The molecule has 1 fully saturated rings. The monoisotopic (exact) mass is 298 g/mol. The van der Waals surface area contributed by atoms with Crippen molar-refractivity contribution in [2.45, 2.75) is 18.9 Å². The van der Waals surface area contributed by atoms with Gasteiger partial charge in [-0.1, -0.05) is 11.6 Å². The molecule has 0 aliphatic heterocycles. The molecule has 0 saturated heterocycles. The second-order valence-corrected chi connectivity index (χ2v) is 5.57. The molecule has 1 amide bonds. The van der Waals surface area contributed by atoms with Gasteiger partial charge in [0.15, 0.2) is 0 Å². The standard InChI is InChI=1S/C13H15ClN2O4/c1-15(7-8-2-12(17)3-8)13(18)9-4-10(14)6-11(5-9)16(19)20/h4-6,8,12,17H,2-3,7H2,1H3. The van der Waals surface area contributed by atoms with Crippen molar-refractivity contribution in [2.24, 2.45) is 5.92 Å². The average Bonchev–Trinajstić information content (AvgIpc) is 2.35. The van der Waals surface area contributed by atoms with Gasteiger partial charge in [-0.2, -0.15) is 0 Å². The molecular formula is C13H15ClN2O4. The minimum Gasteiger partial charge on any atom is -0.393 e. The molecule has 1 aromatic carbocycles. The summed E-state index contributed by atoms with van der Waals surface area (Å²) in [7, 11) is 1.64. The molecule has 0 aromatic heterocycles. The smallest absolute Gasteiger partial charge is 0.271 e. The van der Waals surface area contributed by atoms with E-state index in [-0.39, 0.29) is 34.2 Å². The topological polar surface area (TPSA) is 83.7 Å². The lowest BCUT2D eigenvalue weighted by atomic mass is 9.82. The molecule has 1 aliphatic carbocycles. The van der Waals surface area contributed by atoms with Crippen LogP contribution in [-0.2, 0) is 0 Å². The molecule has 0 heterocycles.